The first kappa shape index (κ1) is 39.5. The lowest BCUT2D eigenvalue weighted by molar-refractivity contribution is -0.135. The van der Waals surface area contributed by atoms with Crippen LogP contribution in [0.1, 0.15) is 69.9 Å². The van der Waals surface area contributed by atoms with Gasteiger partial charge < -0.3 is 39.9 Å². The van der Waals surface area contributed by atoms with Gasteiger partial charge in [-0.3, -0.25) is 9.59 Å². The highest BCUT2D eigenvalue weighted by atomic mass is 16.5. The number of nitrogens with zero attached hydrogens (tertiary/aromatic N) is 4. The number of alkyl carbamates (subject to hydrolysis) is 2. The van der Waals surface area contributed by atoms with Gasteiger partial charge in [0, 0.05) is 24.3 Å². The number of fused-ring (bicyclic) bond motifs is 3. The number of carbonyl (C=O) groups excluding carboxylic acids is 4. The van der Waals surface area contributed by atoms with E-state index in [0.29, 0.717) is 31.3 Å². The number of hydrogen-bond donors (Lipinski definition) is 4. The summed E-state index contributed by atoms with van der Waals surface area (Å²) in [5.41, 5.74) is 8.31. The molecule has 4 N–H and O–H groups in total. The molecule has 4 amide bonds. The first-order chi connectivity index (χ1) is 26.0. The second kappa shape index (κ2) is 18.4. The predicted molar refractivity (Wildman–Crippen MR) is 205 cm³/mol. The third kappa shape index (κ3) is 9.65. The molecule has 0 saturated carbocycles. The molecule has 1 aliphatic carbocycles. The summed E-state index contributed by atoms with van der Waals surface area (Å²) in [5, 5.41) is 5.15. The molecule has 0 fully saturated rings. The second-order valence-electron chi connectivity index (χ2n) is 13.8. The van der Waals surface area contributed by atoms with Crippen molar-refractivity contribution in [1.82, 2.24) is 40.4 Å². The quantitative estimate of drug-likeness (QED) is 0.118. The summed E-state index contributed by atoms with van der Waals surface area (Å²) >= 11 is 0. The van der Waals surface area contributed by atoms with Crippen LogP contribution in [0.4, 0.5) is 9.59 Å². The van der Waals surface area contributed by atoms with Gasteiger partial charge in [-0.25, -0.2) is 19.6 Å². The molecule has 288 valence electrons. The van der Waals surface area contributed by atoms with Crippen LogP contribution in [-0.2, 0) is 45.0 Å². The first-order valence-electron chi connectivity index (χ1n) is 18.6. The number of benzene rings is 2. The molecule has 2 aromatic carbocycles. The molecule has 0 radical (unpaired) electrons. The number of hydrogen-bond acceptors (Lipinski definition) is 8. The summed E-state index contributed by atoms with van der Waals surface area (Å²) in [5.74, 6) is 0.875. The first-order valence-corrected chi connectivity index (χ1v) is 18.6. The Kier molecular flexibility index (Phi) is 13.5. The van der Waals surface area contributed by atoms with E-state index in [-0.39, 0.29) is 30.8 Å². The highest BCUT2D eigenvalue weighted by Crippen LogP contribution is 2.35. The van der Waals surface area contributed by atoms with Crippen LogP contribution in [0.5, 0.6) is 0 Å². The Hall–Kier alpha value is -5.66. The zero-order valence-electron chi connectivity index (χ0n) is 32.1. The molecule has 0 aliphatic heterocycles. The molecule has 2 aromatic heterocycles. The van der Waals surface area contributed by atoms with E-state index < -0.39 is 18.2 Å². The molecular weight excluding hydrogens is 688 g/mol. The Labute approximate surface area is 316 Å². The van der Waals surface area contributed by atoms with E-state index in [1.807, 2.05) is 27.7 Å². The van der Waals surface area contributed by atoms with Crippen LogP contribution >= 0.6 is 0 Å². The maximum absolute atomic E-state index is 13.5. The fraction of sp³-hybridized carbons (Fsp3) is 0.450. The summed E-state index contributed by atoms with van der Waals surface area (Å²) in [7, 11) is 2.55. The lowest BCUT2D eigenvalue weighted by Crippen LogP contribution is -2.51. The third-order valence-electron chi connectivity index (χ3n) is 9.51. The van der Waals surface area contributed by atoms with Gasteiger partial charge in [0.1, 0.15) is 24.2 Å². The van der Waals surface area contributed by atoms with Crippen molar-refractivity contribution in [3.63, 3.8) is 0 Å². The Balaban J connectivity index is 1.28. The monoisotopic (exact) mass is 740 g/mol. The number of ether oxygens (including phenoxy) is 2. The smallest absolute Gasteiger partial charge is 0.407 e. The van der Waals surface area contributed by atoms with Crippen molar-refractivity contribution in [2.75, 3.05) is 33.9 Å². The normalized spacial score (nSPS) is 12.6. The van der Waals surface area contributed by atoms with E-state index in [0.717, 1.165) is 71.4 Å². The van der Waals surface area contributed by atoms with Crippen LogP contribution in [0.25, 0.3) is 33.6 Å². The SMILES string of the molecule is CCCN(Cc1nc2c([nH]1)CCCc1cc(-c3ccc(-c4cnc(CN(CCC)C(=O)C(NC(=O)OC)C(C)C)[nH]4)cc3)ccc1-2)C(=O)CNC(=O)OC. The Morgan fingerprint density at radius 1 is 0.833 bits per heavy atom. The fourth-order valence-electron chi connectivity index (χ4n) is 6.73. The van der Waals surface area contributed by atoms with Gasteiger partial charge in [-0.05, 0) is 60.3 Å². The van der Waals surface area contributed by atoms with E-state index >= 15 is 0 Å². The maximum Gasteiger partial charge on any atom is 0.407 e. The number of rotatable bonds is 15. The van der Waals surface area contributed by atoms with Gasteiger partial charge in [-0.2, -0.15) is 0 Å². The molecule has 0 bridgehead atoms. The number of nitrogens with one attached hydrogen (secondary N) is 4. The highest BCUT2D eigenvalue weighted by Gasteiger charge is 2.29. The zero-order chi connectivity index (χ0) is 38.8. The van der Waals surface area contributed by atoms with Crippen molar-refractivity contribution < 1.29 is 28.7 Å². The van der Waals surface area contributed by atoms with Crippen molar-refractivity contribution in [1.29, 1.82) is 0 Å². The molecule has 14 heteroatoms. The number of aryl methyl sites for hydroxylation is 2. The second-order valence-corrected chi connectivity index (χ2v) is 13.8. The molecule has 1 atom stereocenters. The van der Waals surface area contributed by atoms with Gasteiger partial charge in [0.2, 0.25) is 11.8 Å². The van der Waals surface area contributed by atoms with Crippen molar-refractivity contribution >= 4 is 24.0 Å². The van der Waals surface area contributed by atoms with Crippen LogP contribution in [0, 0.1) is 5.92 Å². The summed E-state index contributed by atoms with van der Waals surface area (Å²) in [6, 6.07) is 14.1. The Morgan fingerprint density at radius 2 is 1.50 bits per heavy atom. The van der Waals surface area contributed by atoms with E-state index in [9.17, 15) is 19.2 Å². The number of imidazole rings is 2. The number of carbonyl (C=O) groups is 4. The molecule has 1 aliphatic rings. The zero-order valence-corrected chi connectivity index (χ0v) is 32.1. The lowest BCUT2D eigenvalue weighted by atomic mass is 9.95. The lowest BCUT2D eigenvalue weighted by Gasteiger charge is -2.28. The van der Waals surface area contributed by atoms with E-state index in [1.165, 1.54) is 19.8 Å². The molecule has 5 rings (SSSR count). The van der Waals surface area contributed by atoms with Crippen LogP contribution in [0.2, 0.25) is 0 Å². The maximum atomic E-state index is 13.5. The highest BCUT2D eigenvalue weighted by molar-refractivity contribution is 5.86. The Morgan fingerprint density at radius 3 is 2.19 bits per heavy atom. The minimum atomic E-state index is -0.708. The number of H-pyrrole nitrogens is 2. The summed E-state index contributed by atoms with van der Waals surface area (Å²) in [6.45, 7) is 9.32. The molecule has 2 heterocycles. The molecule has 1 unspecified atom stereocenters. The van der Waals surface area contributed by atoms with Crippen LogP contribution in [-0.4, -0.2) is 93.6 Å². The summed E-state index contributed by atoms with van der Waals surface area (Å²) in [6.07, 6.45) is 4.78. The molecule has 4 aromatic rings. The third-order valence-corrected chi connectivity index (χ3v) is 9.51. The summed E-state index contributed by atoms with van der Waals surface area (Å²) < 4.78 is 9.34. The van der Waals surface area contributed by atoms with Crippen LogP contribution in [0.3, 0.4) is 0 Å². The molecule has 0 saturated heterocycles. The van der Waals surface area contributed by atoms with Gasteiger partial charge in [0.15, 0.2) is 0 Å². The fourth-order valence-corrected chi connectivity index (χ4v) is 6.73. The number of methoxy groups -OCH3 is 2. The van der Waals surface area contributed by atoms with Gasteiger partial charge in [-0.15, -0.1) is 0 Å². The van der Waals surface area contributed by atoms with Gasteiger partial charge >= 0.3 is 12.2 Å². The molecule has 54 heavy (non-hydrogen) atoms. The molecule has 0 spiro atoms. The van der Waals surface area contributed by atoms with Crippen molar-refractivity contribution in [2.45, 2.75) is 78.9 Å². The van der Waals surface area contributed by atoms with E-state index in [2.05, 4.69) is 72.8 Å². The van der Waals surface area contributed by atoms with Crippen molar-refractivity contribution in [3.05, 3.63) is 71.6 Å². The number of amides is 4. The van der Waals surface area contributed by atoms with E-state index in [4.69, 9.17) is 9.72 Å². The number of aromatic amines is 2. The predicted octanol–water partition coefficient (Wildman–Crippen LogP) is 5.84. The van der Waals surface area contributed by atoms with Crippen molar-refractivity contribution in [2.24, 2.45) is 5.92 Å². The van der Waals surface area contributed by atoms with E-state index in [1.54, 1.807) is 16.0 Å². The Bertz CT molecular complexity index is 1920. The molecular formula is C40H52N8O6. The van der Waals surface area contributed by atoms with Crippen LogP contribution in [0.15, 0.2) is 48.7 Å². The van der Waals surface area contributed by atoms with Crippen LogP contribution < -0.4 is 10.6 Å². The minimum absolute atomic E-state index is 0.119. The topological polar surface area (TPSA) is 175 Å². The average molecular weight is 741 g/mol. The summed E-state index contributed by atoms with van der Waals surface area (Å²) in [4.78, 5) is 69.6. The largest absolute Gasteiger partial charge is 0.453 e. The van der Waals surface area contributed by atoms with Crippen molar-refractivity contribution in [3.8, 4) is 33.6 Å². The minimum Gasteiger partial charge on any atom is -0.453 e. The van der Waals surface area contributed by atoms with Gasteiger partial charge in [0.05, 0.1) is 44.9 Å². The standard InChI is InChI=1S/C40H52N8O6/c1-7-18-47(35(49)22-42-39(51)53-5)24-34-43-31-11-9-10-29-20-28(16-17-30(29)37(31)45-34)26-12-14-27(15-13-26)32-21-41-33(44-32)23-48(19-8-2)38(50)36(25(3)4)46-40(52)54-6/h12-17,20-21,25,36H,7-11,18-19,22-24H2,1-6H3,(H,41,44)(H,42,51)(H,43,45)(H,46,52). The van der Waals surface area contributed by atoms with Gasteiger partial charge in [0.25, 0.3) is 0 Å². The van der Waals surface area contributed by atoms with Gasteiger partial charge in [-0.1, -0.05) is 70.2 Å². The number of aromatic nitrogens is 4. The average Bonchev–Trinajstić information content (AvgIpc) is 3.77. The molecule has 14 nitrogen and oxygen atoms in total.